The number of fused-ring (bicyclic) bond motifs is 1. The SMILES string of the molecule is CNc1ncc(C#Cc2ccc(Cn3nccn3)cn2)c2cc(NC(=O)[C@H]3C[C@H]3C)nnc12. The highest BCUT2D eigenvalue weighted by Gasteiger charge is 2.39. The van der Waals surface area contributed by atoms with Crippen molar-refractivity contribution in [2.45, 2.75) is 19.9 Å². The minimum atomic E-state index is -0.0266. The van der Waals surface area contributed by atoms with Crippen LogP contribution in [0.5, 0.6) is 0 Å². The topological polar surface area (TPSA) is 123 Å². The number of amides is 1. The van der Waals surface area contributed by atoms with E-state index in [2.05, 4.69) is 59.8 Å². The highest BCUT2D eigenvalue weighted by Crippen LogP contribution is 2.38. The van der Waals surface area contributed by atoms with E-state index in [0.29, 0.717) is 40.9 Å². The highest BCUT2D eigenvalue weighted by molar-refractivity contribution is 5.97. The van der Waals surface area contributed by atoms with E-state index in [-0.39, 0.29) is 11.8 Å². The number of hydrogen-bond acceptors (Lipinski definition) is 8. The molecule has 4 aromatic rings. The van der Waals surface area contributed by atoms with Gasteiger partial charge in [0.15, 0.2) is 11.6 Å². The van der Waals surface area contributed by atoms with E-state index in [1.54, 1.807) is 42.7 Å². The second-order valence-electron chi connectivity index (χ2n) is 7.93. The second kappa shape index (κ2) is 8.63. The largest absolute Gasteiger partial charge is 0.371 e. The van der Waals surface area contributed by atoms with E-state index in [4.69, 9.17) is 0 Å². The summed E-state index contributed by atoms with van der Waals surface area (Å²) in [5.74, 6) is 7.63. The molecule has 2 atom stereocenters. The number of carbonyl (C=O) groups is 1. The lowest BCUT2D eigenvalue weighted by molar-refractivity contribution is -0.117. The molecule has 5 rings (SSSR count). The lowest BCUT2D eigenvalue weighted by atomic mass is 10.1. The van der Waals surface area contributed by atoms with Gasteiger partial charge in [-0.2, -0.15) is 15.0 Å². The minimum Gasteiger partial charge on any atom is -0.371 e. The fourth-order valence-electron chi connectivity index (χ4n) is 3.49. The zero-order valence-corrected chi connectivity index (χ0v) is 18.1. The molecule has 1 fully saturated rings. The number of hydrogen-bond donors (Lipinski definition) is 2. The maximum Gasteiger partial charge on any atom is 0.228 e. The van der Waals surface area contributed by atoms with E-state index in [0.717, 1.165) is 17.4 Å². The van der Waals surface area contributed by atoms with E-state index >= 15 is 0 Å². The summed E-state index contributed by atoms with van der Waals surface area (Å²) in [6.45, 7) is 2.60. The highest BCUT2D eigenvalue weighted by atomic mass is 16.2. The number of nitrogens with zero attached hydrogens (tertiary/aromatic N) is 7. The fourth-order valence-corrected chi connectivity index (χ4v) is 3.49. The first kappa shape index (κ1) is 20.5. The lowest BCUT2D eigenvalue weighted by Crippen LogP contribution is -2.16. The summed E-state index contributed by atoms with van der Waals surface area (Å²) < 4.78 is 0. The van der Waals surface area contributed by atoms with E-state index < -0.39 is 0 Å². The van der Waals surface area contributed by atoms with Gasteiger partial charge in [-0.3, -0.25) is 4.79 Å². The molecule has 1 saturated carbocycles. The van der Waals surface area contributed by atoms with Crippen LogP contribution < -0.4 is 10.6 Å². The Kier molecular flexibility index (Phi) is 5.36. The van der Waals surface area contributed by atoms with Crippen LogP contribution in [0.3, 0.4) is 0 Å². The van der Waals surface area contributed by atoms with Gasteiger partial charge < -0.3 is 10.6 Å². The first-order chi connectivity index (χ1) is 16.1. The minimum absolute atomic E-state index is 0.0266. The van der Waals surface area contributed by atoms with E-state index in [9.17, 15) is 4.79 Å². The van der Waals surface area contributed by atoms with Crippen molar-refractivity contribution in [1.29, 1.82) is 0 Å². The molecule has 1 amide bonds. The predicted molar refractivity (Wildman–Crippen MR) is 122 cm³/mol. The molecule has 164 valence electrons. The van der Waals surface area contributed by atoms with E-state index in [1.165, 1.54) is 0 Å². The molecule has 0 saturated heterocycles. The molecule has 1 aliphatic carbocycles. The number of rotatable bonds is 5. The monoisotopic (exact) mass is 439 g/mol. The van der Waals surface area contributed by atoms with Gasteiger partial charge in [0, 0.05) is 30.7 Å². The van der Waals surface area contributed by atoms with Gasteiger partial charge in [-0.15, -0.1) is 10.2 Å². The molecule has 0 unspecified atom stereocenters. The molecule has 2 N–H and O–H groups in total. The zero-order valence-electron chi connectivity index (χ0n) is 18.1. The first-order valence-corrected chi connectivity index (χ1v) is 10.6. The standard InChI is InChI=1S/C23H21N9O/c1-14-9-18(14)23(33)29-20-10-19-16(12-26-22(24-2)21(19)31-30-20)4-6-17-5-3-15(11-25-17)13-32-27-7-8-28-32/h3,5,7-8,10-12,14,18H,9,13H2,1-2H3,(H,24,26)(H,29,30,33)/t14-,18+/m1/s1. The van der Waals surface area contributed by atoms with Gasteiger partial charge in [0.2, 0.25) is 5.91 Å². The van der Waals surface area contributed by atoms with Crippen molar-refractivity contribution < 1.29 is 4.79 Å². The molecular formula is C23H21N9O. The van der Waals surface area contributed by atoms with Gasteiger partial charge in [-0.25, -0.2) is 9.97 Å². The first-order valence-electron chi connectivity index (χ1n) is 10.6. The average molecular weight is 439 g/mol. The van der Waals surface area contributed by atoms with Crippen LogP contribution in [0.4, 0.5) is 11.6 Å². The van der Waals surface area contributed by atoms with Gasteiger partial charge in [0.25, 0.3) is 0 Å². The summed E-state index contributed by atoms with van der Waals surface area (Å²) in [7, 11) is 1.77. The van der Waals surface area contributed by atoms with Crippen LogP contribution in [-0.4, -0.2) is 48.1 Å². The molecule has 0 radical (unpaired) electrons. The molecule has 33 heavy (non-hydrogen) atoms. The molecule has 0 aliphatic heterocycles. The van der Waals surface area contributed by atoms with Crippen LogP contribution in [0.15, 0.2) is 43.0 Å². The van der Waals surface area contributed by atoms with Crippen molar-refractivity contribution in [3.8, 4) is 11.8 Å². The van der Waals surface area contributed by atoms with Gasteiger partial charge in [-0.1, -0.05) is 18.9 Å². The number of aromatic nitrogens is 7. The average Bonchev–Trinajstić information content (AvgIpc) is 3.34. The summed E-state index contributed by atoms with van der Waals surface area (Å²) >= 11 is 0. The third kappa shape index (κ3) is 4.48. The van der Waals surface area contributed by atoms with Gasteiger partial charge in [-0.05, 0) is 36.0 Å². The third-order valence-electron chi connectivity index (χ3n) is 5.51. The van der Waals surface area contributed by atoms with Gasteiger partial charge >= 0.3 is 0 Å². The van der Waals surface area contributed by atoms with E-state index in [1.807, 2.05) is 12.1 Å². The fraction of sp³-hybridized carbons (Fsp3) is 0.261. The summed E-state index contributed by atoms with van der Waals surface area (Å²) in [6.07, 6.45) is 7.61. The Morgan fingerprint density at radius 2 is 1.97 bits per heavy atom. The predicted octanol–water partition coefficient (Wildman–Crippen LogP) is 2.10. The second-order valence-corrected chi connectivity index (χ2v) is 7.93. The van der Waals surface area contributed by atoms with Crippen LogP contribution in [0.2, 0.25) is 0 Å². The Morgan fingerprint density at radius 3 is 2.67 bits per heavy atom. The van der Waals surface area contributed by atoms with Crippen LogP contribution in [0.25, 0.3) is 10.9 Å². The van der Waals surface area contributed by atoms with Crippen LogP contribution in [0.1, 0.15) is 30.2 Å². The van der Waals surface area contributed by atoms with Crippen molar-refractivity contribution in [2.75, 3.05) is 17.7 Å². The molecule has 10 heteroatoms. The maximum atomic E-state index is 12.3. The van der Waals surface area contributed by atoms with Gasteiger partial charge in [0.05, 0.1) is 24.5 Å². The summed E-state index contributed by atoms with van der Waals surface area (Å²) in [4.78, 5) is 22.7. The van der Waals surface area contributed by atoms with Crippen molar-refractivity contribution in [3.05, 3.63) is 59.8 Å². The molecule has 10 nitrogen and oxygen atoms in total. The smallest absolute Gasteiger partial charge is 0.228 e. The number of pyridine rings is 2. The van der Waals surface area contributed by atoms with Crippen molar-refractivity contribution in [2.24, 2.45) is 11.8 Å². The number of carbonyl (C=O) groups excluding carboxylic acids is 1. The normalized spacial score (nSPS) is 16.7. The molecule has 0 bridgehead atoms. The molecule has 0 spiro atoms. The van der Waals surface area contributed by atoms with Crippen LogP contribution in [-0.2, 0) is 11.3 Å². The van der Waals surface area contributed by atoms with Crippen molar-refractivity contribution in [3.63, 3.8) is 0 Å². The van der Waals surface area contributed by atoms with Gasteiger partial charge in [0.1, 0.15) is 11.2 Å². The lowest BCUT2D eigenvalue weighted by Gasteiger charge is -2.08. The Hall–Kier alpha value is -4.39. The number of nitrogens with one attached hydrogen (secondary N) is 2. The molecule has 4 heterocycles. The maximum absolute atomic E-state index is 12.3. The number of anilines is 2. The third-order valence-corrected chi connectivity index (χ3v) is 5.51. The Morgan fingerprint density at radius 1 is 1.15 bits per heavy atom. The van der Waals surface area contributed by atoms with Crippen LogP contribution >= 0.6 is 0 Å². The Bertz CT molecular complexity index is 1370. The Balaban J connectivity index is 1.42. The molecule has 0 aromatic carbocycles. The molecule has 4 aromatic heterocycles. The summed E-state index contributed by atoms with van der Waals surface area (Å²) in [5, 5.41) is 23.3. The van der Waals surface area contributed by atoms with Crippen LogP contribution in [0, 0.1) is 23.7 Å². The van der Waals surface area contributed by atoms with Crippen molar-refractivity contribution in [1.82, 2.24) is 35.2 Å². The summed E-state index contributed by atoms with van der Waals surface area (Å²) in [6, 6.07) is 5.58. The van der Waals surface area contributed by atoms with Crippen molar-refractivity contribution >= 4 is 28.4 Å². The summed E-state index contributed by atoms with van der Waals surface area (Å²) in [5.41, 5.74) is 2.84. The zero-order chi connectivity index (χ0) is 22.8. The molecule has 1 aliphatic rings. The quantitative estimate of drug-likeness (QED) is 0.453. The molecular weight excluding hydrogens is 418 g/mol. The Labute approximate surface area is 189 Å².